The van der Waals surface area contributed by atoms with E-state index in [1.165, 1.54) is 16.8 Å². The summed E-state index contributed by atoms with van der Waals surface area (Å²) in [5.41, 5.74) is 1.88. The van der Waals surface area contributed by atoms with Gasteiger partial charge in [-0.2, -0.15) is 0 Å². The molecule has 10 nitrogen and oxygen atoms in total. The number of nitrogens with zero attached hydrogens (tertiary/aromatic N) is 5. The van der Waals surface area contributed by atoms with Crippen molar-refractivity contribution in [3.05, 3.63) is 75.1 Å². The lowest BCUT2D eigenvalue weighted by Gasteiger charge is -2.13. The highest BCUT2D eigenvalue weighted by atomic mass is 35.5. The summed E-state index contributed by atoms with van der Waals surface area (Å²) in [6.45, 7) is 0.858. The van der Waals surface area contributed by atoms with E-state index in [1.807, 2.05) is 24.3 Å². The molecule has 0 fully saturated rings. The van der Waals surface area contributed by atoms with Crippen LogP contribution in [0.5, 0.6) is 0 Å². The molecule has 0 saturated heterocycles. The predicted molar refractivity (Wildman–Crippen MR) is 115 cm³/mol. The average molecular weight is 429 g/mol. The van der Waals surface area contributed by atoms with Crippen molar-refractivity contribution >= 4 is 51.5 Å². The second-order valence-electron chi connectivity index (χ2n) is 6.39. The number of nitrogens with one attached hydrogen (secondary N) is 1. The van der Waals surface area contributed by atoms with Crippen molar-refractivity contribution in [1.82, 2.24) is 14.5 Å². The van der Waals surface area contributed by atoms with Gasteiger partial charge in [-0.05, 0) is 23.5 Å². The van der Waals surface area contributed by atoms with E-state index in [9.17, 15) is 20.2 Å². The number of para-hydroxylation sites is 1. The second-order valence-corrected chi connectivity index (χ2v) is 6.39. The fourth-order valence-electron chi connectivity index (χ4n) is 3.37. The Morgan fingerprint density at radius 1 is 1.00 bits per heavy atom. The number of hydrogen-bond donors (Lipinski definition) is 1. The van der Waals surface area contributed by atoms with Gasteiger partial charge in [-0.1, -0.05) is 29.2 Å². The zero-order chi connectivity index (χ0) is 20.4. The number of benzene rings is 2. The fourth-order valence-corrected chi connectivity index (χ4v) is 3.37. The Labute approximate surface area is 176 Å². The molecule has 0 unspecified atom stereocenters. The number of rotatable bonds is 7. The number of imidazole rings is 1. The first kappa shape index (κ1) is 20.9. The Balaban J connectivity index is 0.00000256. The predicted octanol–water partition coefficient (Wildman–Crippen LogP) is 4.32. The minimum absolute atomic E-state index is 0. The lowest BCUT2D eigenvalue weighted by atomic mass is 10.1. The Kier molecular flexibility index (Phi) is 6.07. The summed E-state index contributed by atoms with van der Waals surface area (Å²) in [6.07, 6.45) is 3.51. The minimum Gasteiger partial charge on any atom is -0.390 e. The van der Waals surface area contributed by atoms with E-state index in [0.29, 0.717) is 36.1 Å². The molecule has 0 aliphatic heterocycles. The van der Waals surface area contributed by atoms with Crippen LogP contribution in [0, 0.1) is 20.2 Å². The van der Waals surface area contributed by atoms with Crippen molar-refractivity contribution < 1.29 is 9.85 Å². The highest BCUT2D eigenvalue weighted by Gasteiger charge is 2.19. The molecular formula is C19H17ClN6O4. The van der Waals surface area contributed by atoms with Crippen LogP contribution in [-0.4, -0.2) is 30.9 Å². The molecule has 0 atom stereocenters. The van der Waals surface area contributed by atoms with E-state index in [2.05, 4.69) is 15.3 Å². The summed E-state index contributed by atoms with van der Waals surface area (Å²) in [7, 11) is 0. The van der Waals surface area contributed by atoms with Gasteiger partial charge in [0.15, 0.2) is 0 Å². The molecule has 4 aromatic rings. The first-order valence-electron chi connectivity index (χ1n) is 8.91. The van der Waals surface area contributed by atoms with Crippen molar-refractivity contribution in [3.63, 3.8) is 0 Å². The summed E-state index contributed by atoms with van der Waals surface area (Å²) in [5.74, 6) is -0.208. The maximum atomic E-state index is 11.6. The topological polar surface area (TPSA) is 129 Å². The molecule has 2 aromatic heterocycles. The van der Waals surface area contributed by atoms with Gasteiger partial charge in [0.05, 0.1) is 28.2 Å². The van der Waals surface area contributed by atoms with Crippen LogP contribution in [0.1, 0.15) is 6.42 Å². The molecule has 154 valence electrons. The van der Waals surface area contributed by atoms with Gasteiger partial charge in [-0.3, -0.25) is 10.1 Å². The van der Waals surface area contributed by atoms with Crippen LogP contribution in [0.15, 0.2) is 54.9 Å². The van der Waals surface area contributed by atoms with Gasteiger partial charge < -0.3 is 15.4 Å². The number of halogens is 1. The normalized spacial score (nSPS) is 10.7. The van der Waals surface area contributed by atoms with Crippen molar-refractivity contribution in [2.75, 3.05) is 11.9 Å². The van der Waals surface area contributed by atoms with Gasteiger partial charge in [0.25, 0.3) is 5.69 Å². The molecule has 1 N–H and O–H groups in total. The summed E-state index contributed by atoms with van der Waals surface area (Å²) in [4.78, 5) is 29.9. The molecule has 0 bridgehead atoms. The molecule has 2 heterocycles. The summed E-state index contributed by atoms with van der Waals surface area (Å²) in [5, 5.41) is 27.1. The Morgan fingerprint density at radius 3 is 2.53 bits per heavy atom. The third-order valence-corrected chi connectivity index (χ3v) is 4.62. The number of fused-ring (bicyclic) bond motifs is 2. The largest absolute Gasteiger partial charge is 0.434 e. The van der Waals surface area contributed by atoms with Gasteiger partial charge in [0.1, 0.15) is 17.8 Å². The van der Waals surface area contributed by atoms with Gasteiger partial charge >= 0.3 is 5.95 Å². The van der Waals surface area contributed by atoms with E-state index in [-0.39, 0.29) is 24.0 Å². The summed E-state index contributed by atoms with van der Waals surface area (Å²) in [6, 6.07) is 12.2. The number of hydrogen-bond acceptors (Lipinski definition) is 7. The van der Waals surface area contributed by atoms with Gasteiger partial charge in [-0.15, -0.1) is 12.4 Å². The van der Waals surface area contributed by atoms with Crippen LogP contribution in [0.4, 0.5) is 17.3 Å². The lowest BCUT2D eigenvalue weighted by Crippen LogP contribution is -2.09. The highest BCUT2D eigenvalue weighted by molar-refractivity contribution is 6.11. The van der Waals surface area contributed by atoms with Crippen LogP contribution in [0.3, 0.4) is 0 Å². The quantitative estimate of drug-likeness (QED) is 0.201. The van der Waals surface area contributed by atoms with Gasteiger partial charge in [-0.25, -0.2) is 9.55 Å². The van der Waals surface area contributed by atoms with E-state index < -0.39 is 9.85 Å². The van der Waals surface area contributed by atoms with Gasteiger partial charge in [0.2, 0.25) is 0 Å². The molecule has 0 spiro atoms. The monoisotopic (exact) mass is 428 g/mol. The number of anilines is 1. The lowest BCUT2D eigenvalue weighted by molar-refractivity contribution is -0.396. The zero-order valence-electron chi connectivity index (χ0n) is 15.6. The third kappa shape index (κ3) is 3.85. The fraction of sp³-hybridized carbons (Fsp3) is 0.158. The SMILES string of the molecule is Cl.O=[N+]([O-])c1cccc2nc3ccccc3c(NCCCn3ccnc3[N+](=O)[O-])c12. The van der Waals surface area contributed by atoms with Gasteiger partial charge in [0, 0.05) is 18.0 Å². The first-order valence-corrected chi connectivity index (χ1v) is 8.91. The molecular weight excluding hydrogens is 412 g/mol. The first-order chi connectivity index (χ1) is 14.1. The number of non-ortho nitro benzene ring substituents is 1. The van der Waals surface area contributed by atoms with Crippen LogP contribution in [0.25, 0.3) is 21.8 Å². The molecule has 2 aromatic carbocycles. The van der Waals surface area contributed by atoms with Crippen LogP contribution < -0.4 is 5.32 Å². The standard InChI is InChI=1S/C19H16N6O4.ClH/c26-24(27)16-8-3-7-15-17(16)18(13-5-1-2-6-14(13)22-15)20-9-4-11-23-12-10-21-19(23)25(28)29;/h1-3,5-8,10,12H,4,9,11H2,(H,20,22);1H. The number of nitro benzene ring substituents is 1. The molecule has 0 aliphatic rings. The molecule has 0 saturated carbocycles. The molecule has 0 amide bonds. The Hall–Kier alpha value is -3.79. The molecule has 0 radical (unpaired) electrons. The van der Waals surface area contributed by atoms with Crippen molar-refractivity contribution in [3.8, 4) is 0 Å². The Bertz CT molecular complexity index is 1240. The molecule has 30 heavy (non-hydrogen) atoms. The average Bonchev–Trinajstić information content (AvgIpc) is 3.18. The van der Waals surface area contributed by atoms with Crippen molar-refractivity contribution in [2.24, 2.45) is 0 Å². The number of pyridine rings is 1. The van der Waals surface area contributed by atoms with Crippen LogP contribution >= 0.6 is 12.4 Å². The van der Waals surface area contributed by atoms with Crippen molar-refractivity contribution in [1.29, 1.82) is 0 Å². The Morgan fingerprint density at radius 2 is 1.77 bits per heavy atom. The summed E-state index contributed by atoms with van der Waals surface area (Å²) >= 11 is 0. The van der Waals surface area contributed by atoms with E-state index in [0.717, 1.165) is 10.9 Å². The van der Waals surface area contributed by atoms with E-state index in [4.69, 9.17) is 0 Å². The summed E-state index contributed by atoms with van der Waals surface area (Å²) < 4.78 is 1.47. The second kappa shape index (κ2) is 8.70. The molecule has 0 aliphatic carbocycles. The number of aromatic nitrogens is 3. The third-order valence-electron chi connectivity index (χ3n) is 4.62. The molecule has 11 heteroatoms. The minimum atomic E-state index is -0.527. The number of aryl methyl sites for hydroxylation is 1. The van der Waals surface area contributed by atoms with Crippen LogP contribution in [-0.2, 0) is 6.54 Å². The van der Waals surface area contributed by atoms with E-state index >= 15 is 0 Å². The molecule has 4 rings (SSSR count). The van der Waals surface area contributed by atoms with E-state index in [1.54, 1.807) is 18.3 Å². The smallest absolute Gasteiger partial charge is 0.390 e. The highest BCUT2D eigenvalue weighted by Crippen LogP contribution is 2.36. The van der Waals surface area contributed by atoms with Crippen LogP contribution in [0.2, 0.25) is 0 Å². The zero-order valence-corrected chi connectivity index (χ0v) is 16.4. The van der Waals surface area contributed by atoms with Crippen molar-refractivity contribution in [2.45, 2.75) is 13.0 Å². The maximum Gasteiger partial charge on any atom is 0.434 e. The maximum absolute atomic E-state index is 11.6. The number of nitro groups is 2.